The first-order chi connectivity index (χ1) is 12.8. The van der Waals surface area contributed by atoms with E-state index >= 15 is 0 Å². The summed E-state index contributed by atoms with van der Waals surface area (Å²) in [4.78, 5) is 22.0. The quantitative estimate of drug-likeness (QED) is 0.703. The van der Waals surface area contributed by atoms with Crippen LogP contribution in [-0.2, 0) is 22.1 Å². The third kappa shape index (κ3) is 8.40. The van der Waals surface area contributed by atoms with E-state index in [4.69, 9.17) is 0 Å². The third-order valence-corrected chi connectivity index (χ3v) is 3.50. The fraction of sp³-hybridized carbons (Fsp3) is 0.300. The Labute approximate surface area is 156 Å². The van der Waals surface area contributed by atoms with Crippen LogP contribution in [0.15, 0.2) is 60.7 Å². The molecule has 2 aromatic rings. The fourth-order valence-corrected chi connectivity index (χ4v) is 1.99. The van der Waals surface area contributed by atoms with Gasteiger partial charge in [-0.15, -0.1) is 0 Å². The molecule has 146 valence electrons. The minimum atomic E-state index is -4.22. The molecule has 0 N–H and O–H groups in total. The standard InChI is InChI=1S/C9H9F3.C6H6.C5H7NO3/c1-2-7-3-5-8(6-4-7)9(10,11)12;1-2-4-6-5-3-1;1-4(7)6-2-3-9-5(6)8/h3-6H,2H2,1H3;1-6H;2-3H2,1H3. The first-order valence-corrected chi connectivity index (χ1v) is 8.36. The van der Waals surface area contributed by atoms with E-state index < -0.39 is 17.8 Å². The van der Waals surface area contributed by atoms with E-state index in [9.17, 15) is 22.8 Å². The summed E-state index contributed by atoms with van der Waals surface area (Å²) in [7, 11) is 0. The van der Waals surface area contributed by atoms with Crippen LogP contribution in [0.1, 0.15) is 25.0 Å². The second kappa shape index (κ2) is 11.0. The van der Waals surface area contributed by atoms with Crippen molar-refractivity contribution in [1.29, 1.82) is 0 Å². The molecule has 4 nitrogen and oxygen atoms in total. The molecular formula is C20H22F3NO3. The SMILES string of the molecule is CC(=O)N1CCOC1=O.CCc1ccc(C(F)(F)F)cc1.c1ccccc1. The molecule has 0 bridgehead atoms. The van der Waals surface area contributed by atoms with Gasteiger partial charge in [-0.05, 0) is 24.1 Å². The number of cyclic esters (lactones) is 1. The van der Waals surface area contributed by atoms with Gasteiger partial charge in [-0.3, -0.25) is 4.79 Å². The monoisotopic (exact) mass is 381 g/mol. The summed E-state index contributed by atoms with van der Waals surface area (Å²) in [5.74, 6) is -0.252. The molecule has 0 aromatic heterocycles. The molecule has 0 aliphatic carbocycles. The maximum atomic E-state index is 12.0. The molecule has 1 aliphatic heterocycles. The van der Waals surface area contributed by atoms with Gasteiger partial charge in [0.2, 0.25) is 5.91 Å². The minimum absolute atomic E-state index is 0.252. The summed E-state index contributed by atoms with van der Waals surface area (Å²) in [6, 6.07) is 17.2. The van der Waals surface area contributed by atoms with Gasteiger partial charge in [0.05, 0.1) is 12.1 Å². The molecule has 3 rings (SSSR count). The molecule has 0 unspecified atom stereocenters. The zero-order valence-corrected chi connectivity index (χ0v) is 15.2. The number of rotatable bonds is 1. The predicted octanol–water partition coefficient (Wildman–Crippen LogP) is 4.94. The lowest BCUT2D eigenvalue weighted by molar-refractivity contribution is -0.137. The van der Waals surface area contributed by atoms with E-state index in [0.717, 1.165) is 29.0 Å². The number of ether oxygens (including phenoxy) is 1. The summed E-state index contributed by atoms with van der Waals surface area (Å²) in [6.45, 7) is 3.97. The van der Waals surface area contributed by atoms with Crippen LogP contribution in [0, 0.1) is 0 Å². The summed E-state index contributed by atoms with van der Waals surface area (Å²) in [6.07, 6.45) is -3.98. The lowest BCUT2D eigenvalue weighted by Crippen LogP contribution is -2.28. The molecule has 1 heterocycles. The number of aryl methyl sites for hydroxylation is 1. The Morgan fingerprint density at radius 3 is 1.78 bits per heavy atom. The lowest BCUT2D eigenvalue weighted by Gasteiger charge is -2.06. The minimum Gasteiger partial charge on any atom is -0.447 e. The number of amides is 2. The van der Waals surface area contributed by atoms with Crippen molar-refractivity contribution in [3.63, 3.8) is 0 Å². The molecule has 2 aromatic carbocycles. The summed E-state index contributed by atoms with van der Waals surface area (Å²) in [5.41, 5.74) is 0.336. The van der Waals surface area contributed by atoms with Gasteiger partial charge in [0.15, 0.2) is 0 Å². The van der Waals surface area contributed by atoms with Crippen LogP contribution in [0.5, 0.6) is 0 Å². The van der Waals surface area contributed by atoms with Crippen molar-refractivity contribution < 1.29 is 27.5 Å². The number of alkyl halides is 3. The fourth-order valence-electron chi connectivity index (χ4n) is 1.99. The van der Waals surface area contributed by atoms with Crippen LogP contribution in [-0.4, -0.2) is 30.1 Å². The van der Waals surface area contributed by atoms with E-state index in [2.05, 4.69) is 4.74 Å². The van der Waals surface area contributed by atoms with Gasteiger partial charge in [-0.2, -0.15) is 13.2 Å². The molecule has 0 saturated carbocycles. The molecule has 0 radical (unpaired) electrons. The number of halogens is 3. The highest BCUT2D eigenvalue weighted by molar-refractivity contribution is 5.91. The lowest BCUT2D eigenvalue weighted by atomic mass is 10.1. The van der Waals surface area contributed by atoms with Gasteiger partial charge in [0, 0.05) is 6.92 Å². The molecule has 27 heavy (non-hydrogen) atoms. The van der Waals surface area contributed by atoms with E-state index in [1.54, 1.807) is 0 Å². The molecular weight excluding hydrogens is 359 g/mol. The van der Waals surface area contributed by atoms with E-state index in [1.807, 2.05) is 43.3 Å². The molecule has 2 amide bonds. The summed E-state index contributed by atoms with van der Waals surface area (Å²) < 4.78 is 40.6. The predicted molar refractivity (Wildman–Crippen MR) is 96.0 cm³/mol. The molecule has 1 aliphatic rings. The van der Waals surface area contributed by atoms with Gasteiger partial charge in [0.25, 0.3) is 0 Å². The molecule has 0 spiro atoms. The van der Waals surface area contributed by atoms with Crippen molar-refractivity contribution in [2.75, 3.05) is 13.2 Å². The van der Waals surface area contributed by atoms with Gasteiger partial charge in [-0.25, -0.2) is 9.69 Å². The molecule has 7 heteroatoms. The third-order valence-electron chi connectivity index (χ3n) is 3.50. The highest BCUT2D eigenvalue weighted by Crippen LogP contribution is 2.29. The Bertz CT molecular complexity index is 674. The molecule has 1 fully saturated rings. The number of imide groups is 1. The van der Waals surface area contributed by atoms with Gasteiger partial charge < -0.3 is 4.74 Å². The highest BCUT2D eigenvalue weighted by Gasteiger charge is 2.29. The molecule has 1 saturated heterocycles. The van der Waals surface area contributed by atoms with Crippen LogP contribution < -0.4 is 0 Å². The van der Waals surface area contributed by atoms with Crippen LogP contribution in [0.3, 0.4) is 0 Å². The van der Waals surface area contributed by atoms with E-state index in [-0.39, 0.29) is 5.91 Å². The zero-order chi connectivity index (χ0) is 20.3. The topological polar surface area (TPSA) is 46.6 Å². The Morgan fingerprint density at radius 2 is 1.52 bits per heavy atom. The Balaban J connectivity index is 0.000000214. The summed E-state index contributed by atoms with van der Waals surface area (Å²) >= 11 is 0. The maximum absolute atomic E-state index is 12.0. The Hall–Kier alpha value is -2.83. The van der Waals surface area contributed by atoms with Crippen molar-refractivity contribution in [2.24, 2.45) is 0 Å². The van der Waals surface area contributed by atoms with Crippen LogP contribution >= 0.6 is 0 Å². The smallest absolute Gasteiger partial charge is 0.416 e. The summed E-state index contributed by atoms with van der Waals surface area (Å²) in [5, 5.41) is 0. The normalized spacial score (nSPS) is 12.9. The van der Waals surface area contributed by atoms with E-state index in [0.29, 0.717) is 13.2 Å². The Kier molecular flexibility index (Phi) is 9.05. The van der Waals surface area contributed by atoms with Gasteiger partial charge >= 0.3 is 12.3 Å². The Morgan fingerprint density at radius 1 is 1.04 bits per heavy atom. The number of hydrogen-bond acceptors (Lipinski definition) is 3. The van der Waals surface area contributed by atoms with Crippen molar-refractivity contribution in [1.82, 2.24) is 4.90 Å². The van der Waals surface area contributed by atoms with Crippen molar-refractivity contribution in [2.45, 2.75) is 26.4 Å². The van der Waals surface area contributed by atoms with Crippen LogP contribution in [0.25, 0.3) is 0 Å². The number of benzene rings is 2. The number of carbonyl (C=O) groups is 2. The van der Waals surface area contributed by atoms with Crippen molar-refractivity contribution in [3.05, 3.63) is 71.8 Å². The van der Waals surface area contributed by atoms with Crippen LogP contribution in [0.2, 0.25) is 0 Å². The van der Waals surface area contributed by atoms with Crippen LogP contribution in [0.4, 0.5) is 18.0 Å². The highest BCUT2D eigenvalue weighted by atomic mass is 19.4. The first-order valence-electron chi connectivity index (χ1n) is 8.36. The number of nitrogens with zero attached hydrogens (tertiary/aromatic N) is 1. The number of carbonyl (C=O) groups excluding carboxylic acids is 2. The second-order valence-corrected chi connectivity index (χ2v) is 5.49. The second-order valence-electron chi connectivity index (χ2n) is 5.49. The largest absolute Gasteiger partial charge is 0.447 e. The van der Waals surface area contributed by atoms with Crippen molar-refractivity contribution in [3.8, 4) is 0 Å². The van der Waals surface area contributed by atoms with Crippen molar-refractivity contribution >= 4 is 12.0 Å². The molecule has 0 atom stereocenters. The average molecular weight is 381 g/mol. The number of hydrogen-bond donors (Lipinski definition) is 0. The first kappa shape index (κ1) is 22.2. The van der Waals surface area contributed by atoms with Gasteiger partial charge in [-0.1, -0.05) is 55.5 Å². The average Bonchev–Trinajstić information content (AvgIpc) is 3.10. The zero-order valence-electron chi connectivity index (χ0n) is 15.2. The van der Waals surface area contributed by atoms with E-state index in [1.165, 1.54) is 19.1 Å². The maximum Gasteiger partial charge on any atom is 0.416 e. The van der Waals surface area contributed by atoms with Gasteiger partial charge in [0.1, 0.15) is 6.61 Å².